The molecule has 3 N–H and O–H groups in total. The van der Waals surface area contributed by atoms with Crippen molar-refractivity contribution in [3.05, 3.63) is 68.9 Å². The number of anilines is 1. The Labute approximate surface area is 157 Å². The molecule has 8 heteroatoms. The Balaban J connectivity index is 1.85. The van der Waals surface area contributed by atoms with Crippen LogP contribution in [0.2, 0.25) is 0 Å². The summed E-state index contributed by atoms with van der Waals surface area (Å²) >= 11 is 3.34. The number of hydrogen-bond acceptors (Lipinski definition) is 6. The summed E-state index contributed by atoms with van der Waals surface area (Å²) in [6, 6.07) is 14.1. The Morgan fingerprint density at radius 1 is 1.27 bits per heavy atom. The molecule has 0 spiro atoms. The maximum Gasteiger partial charge on any atom is 0.252 e. The summed E-state index contributed by atoms with van der Waals surface area (Å²) in [5, 5.41) is 14.1. The van der Waals surface area contributed by atoms with Gasteiger partial charge in [0.1, 0.15) is 0 Å². The lowest BCUT2D eigenvalue weighted by Gasteiger charge is -2.07. The number of benzene rings is 2. The number of aromatic nitrogens is 2. The van der Waals surface area contributed by atoms with Crippen LogP contribution in [-0.4, -0.2) is 28.4 Å². The third-order valence-electron chi connectivity index (χ3n) is 3.47. The van der Waals surface area contributed by atoms with E-state index >= 15 is 0 Å². The summed E-state index contributed by atoms with van der Waals surface area (Å²) < 4.78 is 5.82. The van der Waals surface area contributed by atoms with E-state index in [9.17, 15) is 9.90 Å². The van der Waals surface area contributed by atoms with Gasteiger partial charge in [-0.15, -0.1) is 0 Å². The number of rotatable bonds is 5. The van der Waals surface area contributed by atoms with Crippen LogP contribution in [0.5, 0.6) is 11.5 Å². The summed E-state index contributed by atoms with van der Waals surface area (Å²) in [5.74, 6) is 0.466. The number of nitrogens with zero attached hydrogens (tertiary/aromatic N) is 2. The van der Waals surface area contributed by atoms with Crippen molar-refractivity contribution in [2.45, 2.75) is 0 Å². The Morgan fingerprint density at radius 2 is 2.04 bits per heavy atom. The molecule has 1 heterocycles. The molecule has 0 saturated heterocycles. The third kappa shape index (κ3) is 4.09. The minimum absolute atomic E-state index is 0.0410. The van der Waals surface area contributed by atoms with Crippen molar-refractivity contribution in [3.63, 3.8) is 0 Å². The quantitative estimate of drug-likeness (QED) is 0.439. The summed E-state index contributed by atoms with van der Waals surface area (Å²) in [4.78, 5) is 18.7. The van der Waals surface area contributed by atoms with Crippen molar-refractivity contribution >= 4 is 28.1 Å². The van der Waals surface area contributed by atoms with Gasteiger partial charge in [-0.25, -0.2) is 10.4 Å². The first-order valence-corrected chi connectivity index (χ1v) is 8.38. The second-order valence-corrected chi connectivity index (χ2v) is 6.18. The van der Waals surface area contributed by atoms with Gasteiger partial charge in [0.15, 0.2) is 11.5 Å². The van der Waals surface area contributed by atoms with Crippen molar-refractivity contribution in [1.29, 1.82) is 0 Å². The summed E-state index contributed by atoms with van der Waals surface area (Å²) in [6.07, 6.45) is 1.40. The van der Waals surface area contributed by atoms with Crippen molar-refractivity contribution in [1.82, 2.24) is 9.97 Å². The number of nitrogens with one attached hydrogen (secondary N) is 2. The zero-order valence-electron chi connectivity index (χ0n) is 13.7. The maximum absolute atomic E-state index is 11.8. The molecule has 3 aromatic rings. The number of hydrogen-bond donors (Lipinski definition) is 3. The highest BCUT2D eigenvalue weighted by atomic mass is 79.9. The molecule has 0 saturated carbocycles. The number of aromatic amines is 1. The molecule has 0 aliphatic heterocycles. The van der Waals surface area contributed by atoms with E-state index in [1.54, 1.807) is 12.1 Å². The van der Waals surface area contributed by atoms with Gasteiger partial charge in [-0.1, -0.05) is 46.3 Å². The fraction of sp³-hybridized carbons (Fsp3) is 0.0556. The van der Waals surface area contributed by atoms with Gasteiger partial charge in [0, 0.05) is 21.7 Å². The Kier molecular flexibility index (Phi) is 5.33. The first kappa shape index (κ1) is 17.7. The zero-order valence-corrected chi connectivity index (χ0v) is 15.3. The molecule has 1 aromatic heterocycles. The topological polar surface area (TPSA) is 99.6 Å². The monoisotopic (exact) mass is 414 g/mol. The average molecular weight is 415 g/mol. The fourth-order valence-corrected chi connectivity index (χ4v) is 2.73. The highest BCUT2D eigenvalue weighted by Gasteiger charge is 2.08. The van der Waals surface area contributed by atoms with Gasteiger partial charge in [0.25, 0.3) is 5.56 Å². The third-order valence-corrected chi connectivity index (χ3v) is 3.93. The van der Waals surface area contributed by atoms with E-state index in [0.29, 0.717) is 17.0 Å². The first-order chi connectivity index (χ1) is 12.6. The normalized spacial score (nSPS) is 10.8. The number of methoxy groups -OCH3 is 1. The lowest BCUT2D eigenvalue weighted by molar-refractivity contribution is 0.373. The van der Waals surface area contributed by atoms with Crippen molar-refractivity contribution in [2.24, 2.45) is 5.10 Å². The van der Waals surface area contributed by atoms with Gasteiger partial charge in [-0.3, -0.25) is 9.78 Å². The zero-order chi connectivity index (χ0) is 18.5. The SMILES string of the molecule is COc1cc(Br)cc(/C=N\Nc2nc(-c3ccccc3)cc(=O)[nH]2)c1O. The van der Waals surface area contributed by atoms with E-state index in [1.807, 2.05) is 30.3 Å². The number of aromatic hydroxyl groups is 1. The highest BCUT2D eigenvalue weighted by molar-refractivity contribution is 9.10. The van der Waals surface area contributed by atoms with Gasteiger partial charge in [0.2, 0.25) is 5.95 Å². The summed E-state index contributed by atoms with van der Waals surface area (Å²) in [5.41, 5.74) is 4.14. The van der Waals surface area contributed by atoms with E-state index in [4.69, 9.17) is 4.74 Å². The molecule has 0 aliphatic rings. The number of ether oxygens (including phenoxy) is 1. The van der Waals surface area contributed by atoms with Crippen LogP contribution in [0.25, 0.3) is 11.3 Å². The van der Waals surface area contributed by atoms with Gasteiger partial charge < -0.3 is 9.84 Å². The maximum atomic E-state index is 11.8. The van der Waals surface area contributed by atoms with E-state index in [-0.39, 0.29) is 17.3 Å². The van der Waals surface area contributed by atoms with Crippen LogP contribution in [0.1, 0.15) is 5.56 Å². The molecular weight excluding hydrogens is 400 g/mol. The predicted molar refractivity (Wildman–Crippen MR) is 104 cm³/mol. The van der Waals surface area contributed by atoms with Crippen LogP contribution in [0.4, 0.5) is 5.95 Å². The predicted octanol–water partition coefficient (Wildman–Crippen LogP) is 3.36. The van der Waals surface area contributed by atoms with Crippen LogP contribution in [0.15, 0.2) is 62.9 Å². The second-order valence-electron chi connectivity index (χ2n) is 5.26. The number of phenols is 1. The molecule has 0 amide bonds. The molecule has 7 nitrogen and oxygen atoms in total. The van der Waals surface area contributed by atoms with E-state index in [1.165, 1.54) is 19.4 Å². The van der Waals surface area contributed by atoms with Crippen molar-refractivity contribution in [3.8, 4) is 22.8 Å². The van der Waals surface area contributed by atoms with E-state index in [2.05, 4.69) is 36.4 Å². The number of halogens is 1. The van der Waals surface area contributed by atoms with Crippen LogP contribution in [-0.2, 0) is 0 Å². The average Bonchev–Trinajstić information content (AvgIpc) is 2.64. The Morgan fingerprint density at radius 3 is 2.77 bits per heavy atom. The largest absolute Gasteiger partial charge is 0.504 e. The molecule has 0 radical (unpaired) electrons. The molecule has 0 fully saturated rings. The molecular formula is C18H15BrN4O3. The van der Waals surface area contributed by atoms with Gasteiger partial charge >= 0.3 is 0 Å². The molecule has 0 aliphatic carbocycles. The molecule has 2 aromatic carbocycles. The lowest BCUT2D eigenvalue weighted by Crippen LogP contribution is -2.10. The number of H-pyrrole nitrogens is 1. The van der Waals surface area contributed by atoms with Crippen LogP contribution in [0, 0.1) is 0 Å². The van der Waals surface area contributed by atoms with Crippen LogP contribution in [0.3, 0.4) is 0 Å². The smallest absolute Gasteiger partial charge is 0.252 e. The Hall–Kier alpha value is -3.13. The van der Waals surface area contributed by atoms with Crippen molar-refractivity contribution in [2.75, 3.05) is 12.5 Å². The van der Waals surface area contributed by atoms with Gasteiger partial charge in [0.05, 0.1) is 19.0 Å². The second kappa shape index (κ2) is 7.83. The van der Waals surface area contributed by atoms with Crippen molar-refractivity contribution < 1.29 is 9.84 Å². The molecule has 0 atom stereocenters. The highest BCUT2D eigenvalue weighted by Crippen LogP contribution is 2.32. The van der Waals surface area contributed by atoms with Crippen LogP contribution < -0.4 is 15.7 Å². The van der Waals surface area contributed by atoms with E-state index in [0.717, 1.165) is 10.0 Å². The molecule has 0 unspecified atom stereocenters. The lowest BCUT2D eigenvalue weighted by atomic mass is 10.1. The molecule has 132 valence electrons. The summed E-state index contributed by atoms with van der Waals surface area (Å²) in [7, 11) is 1.46. The van der Waals surface area contributed by atoms with Gasteiger partial charge in [-0.05, 0) is 12.1 Å². The fourth-order valence-electron chi connectivity index (χ4n) is 2.28. The first-order valence-electron chi connectivity index (χ1n) is 7.59. The number of hydrazone groups is 1. The molecule has 0 bridgehead atoms. The molecule has 26 heavy (non-hydrogen) atoms. The molecule has 3 rings (SSSR count). The minimum atomic E-state index is -0.302. The number of phenolic OH excluding ortho intramolecular Hbond substituents is 1. The summed E-state index contributed by atoms with van der Waals surface area (Å²) in [6.45, 7) is 0. The minimum Gasteiger partial charge on any atom is -0.504 e. The van der Waals surface area contributed by atoms with E-state index < -0.39 is 0 Å². The van der Waals surface area contributed by atoms with Crippen LogP contribution >= 0.6 is 15.9 Å². The standard InChI is InChI=1S/C18H15BrN4O3/c1-26-15-8-13(19)7-12(17(15)25)10-20-23-18-21-14(9-16(24)22-18)11-5-3-2-4-6-11/h2-10,25H,1H3,(H2,21,22,23,24)/b20-10-. The van der Waals surface area contributed by atoms with Gasteiger partial charge in [-0.2, -0.15) is 5.10 Å². The Bertz CT molecular complexity index is 1000.